The van der Waals surface area contributed by atoms with Gasteiger partial charge in [0.1, 0.15) is 19.3 Å². The average Bonchev–Trinajstić information content (AvgIpc) is 1.33. The van der Waals surface area contributed by atoms with Crippen molar-refractivity contribution in [2.75, 3.05) is 39.6 Å². The van der Waals surface area contributed by atoms with Gasteiger partial charge in [0.05, 0.1) is 26.4 Å². The molecule has 0 amide bonds. The molecule has 0 saturated carbocycles. The van der Waals surface area contributed by atoms with E-state index in [0.29, 0.717) is 25.7 Å². The molecule has 0 heterocycles. The van der Waals surface area contributed by atoms with Crippen molar-refractivity contribution < 1.29 is 80.2 Å². The van der Waals surface area contributed by atoms with Crippen LogP contribution in [0.2, 0.25) is 0 Å². The van der Waals surface area contributed by atoms with Crippen molar-refractivity contribution in [2.45, 2.75) is 420 Å². The molecule has 0 rings (SSSR count). The van der Waals surface area contributed by atoms with Crippen molar-refractivity contribution in [3.05, 3.63) is 0 Å². The third-order valence-corrected chi connectivity index (χ3v) is 20.4. The number of phosphoric ester groups is 2. The number of hydrogen-bond donors (Lipinski definition) is 3. The van der Waals surface area contributed by atoms with E-state index < -0.39 is 97.5 Å². The van der Waals surface area contributed by atoms with Gasteiger partial charge in [0.15, 0.2) is 12.2 Å². The maximum atomic E-state index is 13.1. The Bertz CT molecular complexity index is 1890. The van der Waals surface area contributed by atoms with Crippen LogP contribution in [0, 0.1) is 17.8 Å². The zero-order valence-electron chi connectivity index (χ0n) is 63.5. The molecule has 0 saturated heterocycles. The van der Waals surface area contributed by atoms with Crippen LogP contribution in [0.3, 0.4) is 0 Å². The summed E-state index contributed by atoms with van der Waals surface area (Å²) in [5, 5.41) is 10.6. The highest BCUT2D eigenvalue weighted by Crippen LogP contribution is 2.45. The fourth-order valence-electron chi connectivity index (χ4n) is 11.9. The molecule has 0 fully saturated rings. The summed E-state index contributed by atoms with van der Waals surface area (Å²) in [4.78, 5) is 72.7. The minimum atomic E-state index is -4.96. The molecule has 0 radical (unpaired) electrons. The van der Waals surface area contributed by atoms with E-state index >= 15 is 0 Å². The van der Waals surface area contributed by atoms with Crippen molar-refractivity contribution in [2.24, 2.45) is 17.8 Å². The predicted octanol–water partition coefficient (Wildman–Crippen LogP) is 23.0. The van der Waals surface area contributed by atoms with E-state index in [1.54, 1.807) is 0 Å². The van der Waals surface area contributed by atoms with Gasteiger partial charge in [0, 0.05) is 25.7 Å². The van der Waals surface area contributed by atoms with Crippen molar-refractivity contribution in [1.82, 2.24) is 0 Å². The minimum absolute atomic E-state index is 0.106. The van der Waals surface area contributed by atoms with Crippen LogP contribution in [0.1, 0.15) is 402 Å². The second-order valence-electron chi connectivity index (χ2n) is 29.3. The van der Waals surface area contributed by atoms with Gasteiger partial charge >= 0.3 is 39.5 Å². The van der Waals surface area contributed by atoms with Gasteiger partial charge in [-0.25, -0.2) is 9.13 Å². The number of aliphatic hydroxyl groups is 1. The molecule has 0 aromatic heterocycles. The van der Waals surface area contributed by atoms with Crippen molar-refractivity contribution in [1.29, 1.82) is 0 Å². The highest BCUT2D eigenvalue weighted by molar-refractivity contribution is 7.47. The molecule has 0 aliphatic rings. The van der Waals surface area contributed by atoms with E-state index in [1.807, 2.05) is 0 Å². The molecule has 576 valence electrons. The lowest BCUT2D eigenvalue weighted by atomic mass is 9.99. The normalized spacial score (nSPS) is 14.3. The lowest BCUT2D eigenvalue weighted by molar-refractivity contribution is -0.161. The Morgan fingerprint density at radius 3 is 0.784 bits per heavy atom. The number of ether oxygens (including phenoxy) is 4. The third-order valence-electron chi connectivity index (χ3n) is 18.5. The Kier molecular flexibility index (Phi) is 67.1. The zero-order chi connectivity index (χ0) is 71.6. The molecule has 17 nitrogen and oxygen atoms in total. The molecule has 6 atom stereocenters. The largest absolute Gasteiger partial charge is 0.472 e. The molecule has 0 aliphatic heterocycles. The fraction of sp³-hybridized carbons (Fsp3) is 0.949. The van der Waals surface area contributed by atoms with Crippen molar-refractivity contribution in [3.8, 4) is 0 Å². The van der Waals surface area contributed by atoms with Crippen LogP contribution in [-0.2, 0) is 65.4 Å². The van der Waals surface area contributed by atoms with Crippen molar-refractivity contribution >= 4 is 39.5 Å². The average molecular weight is 1420 g/mol. The molecule has 3 N–H and O–H groups in total. The first-order chi connectivity index (χ1) is 46.8. The second kappa shape index (κ2) is 68.5. The Morgan fingerprint density at radius 1 is 0.299 bits per heavy atom. The lowest BCUT2D eigenvalue weighted by Crippen LogP contribution is -2.30. The second-order valence-corrected chi connectivity index (χ2v) is 32.2. The first-order valence-corrected chi connectivity index (χ1v) is 43.4. The van der Waals surface area contributed by atoms with E-state index in [2.05, 4.69) is 48.5 Å². The maximum Gasteiger partial charge on any atom is 0.472 e. The summed E-state index contributed by atoms with van der Waals surface area (Å²) in [6.45, 7) is 11.9. The summed E-state index contributed by atoms with van der Waals surface area (Å²) < 4.78 is 68.5. The monoisotopic (exact) mass is 1420 g/mol. The number of aliphatic hydroxyl groups excluding tert-OH is 1. The molecular weight excluding hydrogens is 1270 g/mol. The van der Waals surface area contributed by atoms with Gasteiger partial charge in [0.25, 0.3) is 0 Å². The van der Waals surface area contributed by atoms with Crippen LogP contribution in [0.25, 0.3) is 0 Å². The Morgan fingerprint density at radius 2 is 0.526 bits per heavy atom. The maximum absolute atomic E-state index is 13.1. The Hall–Kier alpha value is -1.94. The smallest absolute Gasteiger partial charge is 0.462 e. The highest BCUT2D eigenvalue weighted by Gasteiger charge is 2.30. The molecule has 19 heteroatoms. The quantitative estimate of drug-likeness (QED) is 0.0222. The zero-order valence-corrected chi connectivity index (χ0v) is 65.3. The number of phosphoric acid groups is 2. The SMILES string of the molecule is CCCCCCCCCC(=O)OC[C@H](COP(=O)(O)OC[C@H](O)COP(=O)(O)OC[C@@H](COC(=O)CCCCCCCCCCCCCC(C)C)OC(=O)CCCCCCCCCCCCCCCCCCCCC(C)CC)OC(=O)CCCCCCCCCCCCCC(C)C. The summed E-state index contributed by atoms with van der Waals surface area (Å²) in [6.07, 6.45) is 55.6. The van der Waals surface area contributed by atoms with Crippen LogP contribution in [0.5, 0.6) is 0 Å². The summed E-state index contributed by atoms with van der Waals surface area (Å²) in [5.74, 6) is 0.288. The van der Waals surface area contributed by atoms with Crippen molar-refractivity contribution in [3.63, 3.8) is 0 Å². The summed E-state index contributed by atoms with van der Waals surface area (Å²) in [7, 11) is -9.91. The third kappa shape index (κ3) is 70.9. The highest BCUT2D eigenvalue weighted by atomic mass is 31.2. The number of carbonyl (C=O) groups excluding carboxylic acids is 4. The van der Waals surface area contributed by atoms with Crippen LogP contribution < -0.4 is 0 Å². The first-order valence-electron chi connectivity index (χ1n) is 40.4. The van der Waals surface area contributed by atoms with Gasteiger partial charge in [-0.2, -0.15) is 0 Å². The number of carbonyl (C=O) groups is 4. The number of hydrogen-bond acceptors (Lipinski definition) is 15. The van der Waals surface area contributed by atoms with Crippen LogP contribution in [0.15, 0.2) is 0 Å². The number of unbranched alkanes of at least 4 members (excludes halogenated alkanes) is 43. The van der Waals surface area contributed by atoms with E-state index in [0.717, 1.165) is 120 Å². The summed E-state index contributed by atoms with van der Waals surface area (Å²) >= 11 is 0. The number of rotatable bonds is 76. The van der Waals surface area contributed by atoms with E-state index in [-0.39, 0.29) is 25.7 Å². The first kappa shape index (κ1) is 95.1. The van der Waals surface area contributed by atoms with Crippen LogP contribution >= 0.6 is 15.6 Å². The van der Waals surface area contributed by atoms with E-state index in [4.69, 9.17) is 37.0 Å². The summed E-state index contributed by atoms with van der Waals surface area (Å²) in [5.41, 5.74) is 0. The van der Waals surface area contributed by atoms with Gasteiger partial charge in [-0.15, -0.1) is 0 Å². The van der Waals surface area contributed by atoms with Gasteiger partial charge in [-0.3, -0.25) is 37.3 Å². The topological polar surface area (TPSA) is 237 Å². The standard InChI is InChI=1S/C78H152O17P2/c1-8-10-11-12-35-45-52-59-75(80)88-65-73(94-78(83)62-55-48-41-34-28-22-24-30-37-43-50-57-70(5)6)67-92-96(84,85)90-63-72(79)64-91-97(86,87)93-68-74(66-89-76(81)60-53-46-39-32-27-21-23-29-36-42-49-56-69(3)4)95-77(82)61-54-47-40-33-26-20-18-16-14-13-15-17-19-25-31-38-44-51-58-71(7)9-2/h69-74,79H,8-68H2,1-7H3,(H,84,85)(H,86,87)/t71?,72-,73+,74+/m0/s1. The van der Waals surface area contributed by atoms with E-state index in [9.17, 15) is 43.2 Å². The number of esters is 4. The molecule has 0 spiro atoms. The van der Waals surface area contributed by atoms with Gasteiger partial charge in [-0.1, -0.05) is 350 Å². The molecule has 0 bridgehead atoms. The van der Waals surface area contributed by atoms with E-state index in [1.165, 1.54) is 199 Å². The molecular formula is C78H152O17P2. The molecule has 97 heavy (non-hydrogen) atoms. The van der Waals surface area contributed by atoms with Gasteiger partial charge < -0.3 is 33.8 Å². The molecule has 0 aromatic rings. The molecule has 3 unspecified atom stereocenters. The summed E-state index contributed by atoms with van der Waals surface area (Å²) in [6, 6.07) is 0. The Balaban J connectivity index is 5.16. The Labute approximate surface area is 594 Å². The van der Waals surface area contributed by atoms with Gasteiger partial charge in [0.2, 0.25) is 0 Å². The fourth-order valence-corrected chi connectivity index (χ4v) is 13.5. The van der Waals surface area contributed by atoms with Crippen LogP contribution in [-0.4, -0.2) is 96.7 Å². The minimum Gasteiger partial charge on any atom is -0.462 e. The van der Waals surface area contributed by atoms with Gasteiger partial charge in [-0.05, 0) is 43.4 Å². The molecule has 0 aliphatic carbocycles. The molecule has 0 aromatic carbocycles. The predicted molar refractivity (Wildman–Crippen MR) is 395 cm³/mol. The van der Waals surface area contributed by atoms with Crippen LogP contribution in [0.4, 0.5) is 0 Å². The lowest BCUT2D eigenvalue weighted by Gasteiger charge is -2.21.